The van der Waals surface area contributed by atoms with Gasteiger partial charge < -0.3 is 4.84 Å². The number of thiophene rings is 1. The van der Waals surface area contributed by atoms with E-state index in [0.717, 1.165) is 9.94 Å². The Bertz CT molecular complexity index is 682. The van der Waals surface area contributed by atoms with E-state index in [1.807, 2.05) is 17.5 Å². The Morgan fingerprint density at radius 2 is 1.95 bits per heavy atom. The van der Waals surface area contributed by atoms with Crippen molar-refractivity contribution in [1.82, 2.24) is 5.06 Å². The Labute approximate surface area is 129 Å². The first kappa shape index (κ1) is 15.6. The van der Waals surface area contributed by atoms with E-state index in [0.29, 0.717) is 0 Å². The van der Waals surface area contributed by atoms with Crippen LogP contribution >= 0.6 is 11.3 Å². The zero-order chi connectivity index (χ0) is 16.1. The molecule has 0 spiro atoms. The standard InChI is InChI=1S/C14H12N2O5S/c1-15(13(17)9-12-3-2-8-22-12)21-14(18)10-4-6-11(7-5-10)16(19)20/h2-8H,9H2,1H3. The second-order valence-electron chi connectivity index (χ2n) is 4.33. The van der Waals surface area contributed by atoms with Crippen LogP contribution in [0.1, 0.15) is 15.2 Å². The van der Waals surface area contributed by atoms with Crippen molar-refractivity contribution in [2.45, 2.75) is 6.42 Å². The van der Waals surface area contributed by atoms with Crippen LogP contribution in [0, 0.1) is 10.1 Å². The Kier molecular flexibility index (Phi) is 4.84. The summed E-state index contributed by atoms with van der Waals surface area (Å²) in [7, 11) is 1.35. The van der Waals surface area contributed by atoms with Crippen LogP contribution in [0.5, 0.6) is 0 Å². The number of hydroxylamine groups is 2. The van der Waals surface area contributed by atoms with Crippen molar-refractivity contribution in [3.05, 3.63) is 62.3 Å². The summed E-state index contributed by atoms with van der Waals surface area (Å²) in [6, 6.07) is 8.59. The number of amides is 1. The Hall–Kier alpha value is -2.74. The predicted molar refractivity (Wildman–Crippen MR) is 79.3 cm³/mol. The number of nitro groups is 1. The molecule has 8 heteroatoms. The number of benzene rings is 1. The molecule has 0 atom stereocenters. The molecule has 2 aromatic rings. The SMILES string of the molecule is CN(OC(=O)c1ccc([N+](=O)[O-])cc1)C(=O)Cc1cccs1. The molecule has 7 nitrogen and oxygen atoms in total. The van der Waals surface area contributed by atoms with Crippen LogP contribution in [0.3, 0.4) is 0 Å². The van der Waals surface area contributed by atoms with Gasteiger partial charge in [-0.15, -0.1) is 11.3 Å². The Balaban J connectivity index is 1.95. The summed E-state index contributed by atoms with van der Waals surface area (Å²) in [6.07, 6.45) is 0.141. The van der Waals surface area contributed by atoms with Gasteiger partial charge in [-0.25, -0.2) is 4.79 Å². The van der Waals surface area contributed by atoms with E-state index < -0.39 is 10.9 Å². The molecule has 0 fully saturated rings. The maximum Gasteiger partial charge on any atom is 0.363 e. The van der Waals surface area contributed by atoms with E-state index in [4.69, 9.17) is 4.84 Å². The lowest BCUT2D eigenvalue weighted by Gasteiger charge is -2.15. The quantitative estimate of drug-likeness (QED) is 0.637. The highest BCUT2D eigenvalue weighted by molar-refractivity contribution is 7.10. The minimum Gasteiger partial charge on any atom is -0.333 e. The lowest BCUT2D eigenvalue weighted by Crippen LogP contribution is -2.30. The van der Waals surface area contributed by atoms with E-state index in [1.165, 1.54) is 42.6 Å². The molecule has 1 amide bonds. The third-order valence-electron chi connectivity index (χ3n) is 2.79. The van der Waals surface area contributed by atoms with Crippen molar-refractivity contribution in [3.8, 4) is 0 Å². The molecule has 1 aromatic carbocycles. The Morgan fingerprint density at radius 3 is 2.50 bits per heavy atom. The van der Waals surface area contributed by atoms with Crippen molar-refractivity contribution in [2.24, 2.45) is 0 Å². The highest BCUT2D eigenvalue weighted by atomic mass is 32.1. The van der Waals surface area contributed by atoms with Crippen molar-refractivity contribution in [2.75, 3.05) is 7.05 Å². The van der Waals surface area contributed by atoms with Crippen LogP contribution in [-0.4, -0.2) is 28.9 Å². The maximum absolute atomic E-state index is 11.9. The summed E-state index contributed by atoms with van der Waals surface area (Å²) in [5, 5.41) is 13.3. The number of likely N-dealkylation sites (N-methyl/N-ethyl adjacent to an activating group) is 1. The van der Waals surface area contributed by atoms with Gasteiger partial charge in [-0.3, -0.25) is 14.9 Å². The molecule has 0 aliphatic heterocycles. The molecule has 0 saturated carbocycles. The summed E-state index contributed by atoms with van der Waals surface area (Å²) in [4.78, 5) is 39.5. The van der Waals surface area contributed by atoms with Gasteiger partial charge in [0, 0.05) is 24.1 Å². The Morgan fingerprint density at radius 1 is 1.27 bits per heavy atom. The summed E-state index contributed by atoms with van der Waals surface area (Å²) in [5.74, 6) is -1.12. The molecular formula is C14H12N2O5S. The first-order chi connectivity index (χ1) is 10.5. The summed E-state index contributed by atoms with van der Waals surface area (Å²) < 4.78 is 0. The van der Waals surface area contributed by atoms with Gasteiger partial charge in [0.25, 0.3) is 11.6 Å². The summed E-state index contributed by atoms with van der Waals surface area (Å²) in [5.41, 5.74) is 0.0000463. The van der Waals surface area contributed by atoms with Crippen molar-refractivity contribution in [3.63, 3.8) is 0 Å². The number of carbonyl (C=O) groups excluding carboxylic acids is 2. The van der Waals surface area contributed by atoms with Crippen LogP contribution in [0.4, 0.5) is 5.69 Å². The average molecular weight is 320 g/mol. The molecule has 0 aliphatic carbocycles. The van der Waals surface area contributed by atoms with E-state index in [2.05, 4.69) is 0 Å². The monoisotopic (exact) mass is 320 g/mol. The molecule has 114 valence electrons. The van der Waals surface area contributed by atoms with Crippen LogP contribution < -0.4 is 0 Å². The fraction of sp³-hybridized carbons (Fsp3) is 0.143. The highest BCUT2D eigenvalue weighted by Gasteiger charge is 2.17. The second kappa shape index (κ2) is 6.81. The van der Waals surface area contributed by atoms with E-state index >= 15 is 0 Å². The lowest BCUT2D eigenvalue weighted by atomic mass is 10.2. The lowest BCUT2D eigenvalue weighted by molar-refractivity contribution is -0.384. The van der Waals surface area contributed by atoms with Crippen LogP contribution in [0.15, 0.2) is 41.8 Å². The van der Waals surface area contributed by atoms with Gasteiger partial charge in [0.1, 0.15) is 0 Å². The first-order valence-corrected chi connectivity index (χ1v) is 7.11. The molecule has 1 heterocycles. The second-order valence-corrected chi connectivity index (χ2v) is 5.36. The van der Waals surface area contributed by atoms with E-state index in [9.17, 15) is 19.7 Å². The van der Waals surface area contributed by atoms with Crippen molar-refractivity contribution in [1.29, 1.82) is 0 Å². The average Bonchev–Trinajstić information content (AvgIpc) is 3.00. The minimum atomic E-state index is -0.753. The fourth-order valence-electron chi connectivity index (χ4n) is 1.62. The normalized spacial score (nSPS) is 10.0. The molecule has 0 N–H and O–H groups in total. The summed E-state index contributed by atoms with van der Waals surface area (Å²) in [6.45, 7) is 0. The van der Waals surface area contributed by atoms with Crippen LogP contribution in [0.2, 0.25) is 0 Å². The number of non-ortho nitro benzene ring substituents is 1. The molecule has 0 radical (unpaired) electrons. The first-order valence-electron chi connectivity index (χ1n) is 6.23. The highest BCUT2D eigenvalue weighted by Crippen LogP contribution is 2.14. The van der Waals surface area contributed by atoms with E-state index in [1.54, 1.807) is 0 Å². The smallest absolute Gasteiger partial charge is 0.333 e. The summed E-state index contributed by atoms with van der Waals surface area (Å²) >= 11 is 1.44. The molecule has 0 aliphatic rings. The third-order valence-corrected chi connectivity index (χ3v) is 3.67. The van der Waals surface area contributed by atoms with E-state index in [-0.39, 0.29) is 23.6 Å². The van der Waals surface area contributed by atoms with Crippen LogP contribution in [-0.2, 0) is 16.1 Å². The largest absolute Gasteiger partial charge is 0.363 e. The number of nitro benzene ring substituents is 1. The van der Waals surface area contributed by atoms with Gasteiger partial charge in [-0.05, 0) is 23.6 Å². The van der Waals surface area contributed by atoms with Gasteiger partial charge in [-0.1, -0.05) is 6.07 Å². The van der Waals surface area contributed by atoms with Crippen LogP contribution in [0.25, 0.3) is 0 Å². The zero-order valence-electron chi connectivity index (χ0n) is 11.6. The molecule has 2 rings (SSSR count). The van der Waals surface area contributed by atoms with Crippen molar-refractivity contribution < 1.29 is 19.3 Å². The molecule has 0 unspecified atom stereocenters. The molecule has 1 aromatic heterocycles. The minimum absolute atomic E-state index is 0.126. The van der Waals surface area contributed by atoms with Gasteiger partial charge in [0.05, 0.1) is 16.9 Å². The number of nitrogens with zero attached hydrogens (tertiary/aromatic N) is 2. The van der Waals surface area contributed by atoms with Gasteiger partial charge >= 0.3 is 5.97 Å². The molecule has 22 heavy (non-hydrogen) atoms. The zero-order valence-corrected chi connectivity index (χ0v) is 12.4. The number of hydrogen-bond acceptors (Lipinski definition) is 6. The van der Waals surface area contributed by atoms with Crippen molar-refractivity contribution >= 4 is 28.9 Å². The van der Waals surface area contributed by atoms with Gasteiger partial charge in [-0.2, -0.15) is 5.06 Å². The topological polar surface area (TPSA) is 89.8 Å². The molecule has 0 bridgehead atoms. The number of carbonyl (C=O) groups is 2. The molecule has 0 saturated heterocycles. The molecular weight excluding hydrogens is 308 g/mol. The fourth-order valence-corrected chi connectivity index (χ4v) is 2.32. The number of hydrogen-bond donors (Lipinski definition) is 0. The van der Waals surface area contributed by atoms with Gasteiger partial charge in [0.15, 0.2) is 0 Å². The maximum atomic E-state index is 11.9. The predicted octanol–water partition coefficient (Wildman–Crippen LogP) is 2.43. The third kappa shape index (κ3) is 3.89. The van der Waals surface area contributed by atoms with Gasteiger partial charge in [0.2, 0.25) is 0 Å². The number of rotatable bonds is 4.